The number of nitrogens with zero attached hydrogens (tertiary/aromatic N) is 4. The van der Waals surface area contributed by atoms with Crippen LogP contribution in [0, 0.1) is 13.8 Å². The van der Waals surface area contributed by atoms with E-state index in [0.29, 0.717) is 27.1 Å². The molecule has 34 heavy (non-hydrogen) atoms. The molecule has 1 fully saturated rings. The van der Waals surface area contributed by atoms with Gasteiger partial charge in [-0.25, -0.2) is 4.98 Å². The molecule has 0 atom stereocenters. The van der Waals surface area contributed by atoms with Crippen LogP contribution in [0.2, 0.25) is 0 Å². The molecule has 1 aromatic carbocycles. The van der Waals surface area contributed by atoms with E-state index in [9.17, 15) is 14.7 Å². The summed E-state index contributed by atoms with van der Waals surface area (Å²) in [4.78, 5) is 32.0. The highest BCUT2D eigenvalue weighted by Gasteiger charge is 2.19. The van der Waals surface area contributed by atoms with Crippen molar-refractivity contribution in [2.45, 2.75) is 39.3 Å². The van der Waals surface area contributed by atoms with Gasteiger partial charge in [0.1, 0.15) is 17.2 Å². The van der Waals surface area contributed by atoms with Crippen LogP contribution in [0.4, 0.5) is 16.6 Å². The molecule has 1 saturated heterocycles. The fourth-order valence-electron chi connectivity index (χ4n) is 3.84. The van der Waals surface area contributed by atoms with Crippen LogP contribution in [0.3, 0.4) is 0 Å². The number of rotatable bonds is 7. The van der Waals surface area contributed by atoms with Crippen LogP contribution in [-0.4, -0.2) is 62.8 Å². The maximum absolute atomic E-state index is 12.7. The second-order valence-corrected chi connectivity index (χ2v) is 9.58. The van der Waals surface area contributed by atoms with Crippen molar-refractivity contribution >= 4 is 39.8 Å². The molecule has 0 spiro atoms. The van der Waals surface area contributed by atoms with Gasteiger partial charge in [0.25, 0.3) is 5.91 Å². The number of amides is 2. The molecule has 3 aromatic rings. The zero-order valence-electron chi connectivity index (χ0n) is 19.5. The van der Waals surface area contributed by atoms with Crippen molar-refractivity contribution < 1.29 is 14.7 Å². The van der Waals surface area contributed by atoms with E-state index < -0.39 is 0 Å². The van der Waals surface area contributed by atoms with Crippen molar-refractivity contribution in [3.8, 4) is 5.75 Å². The molecule has 11 heteroatoms. The predicted octanol–water partition coefficient (Wildman–Crippen LogP) is 2.87. The van der Waals surface area contributed by atoms with Gasteiger partial charge in [-0.15, -0.1) is 0 Å². The first-order valence-electron chi connectivity index (χ1n) is 11.1. The maximum atomic E-state index is 12.7. The third kappa shape index (κ3) is 5.72. The Bertz CT molecular complexity index is 1180. The van der Waals surface area contributed by atoms with Gasteiger partial charge in [0.2, 0.25) is 5.91 Å². The molecule has 1 aliphatic rings. The standard InChI is InChI=1S/C23H29N7O3S/c1-14-4-5-17(31)15(2)21(14)27-22(33)18-12-24-23(34-18)26-19-8-11-30(28-19)13-20(32)25-16-6-9-29(3)10-7-16/h4-5,8,11-12,16,31H,6-7,9-10,13H2,1-3H3,(H,25,32)(H,27,33)(H,24,26,28). The summed E-state index contributed by atoms with van der Waals surface area (Å²) < 4.78 is 1.57. The Kier molecular flexibility index (Phi) is 7.13. The topological polar surface area (TPSA) is 124 Å². The molecule has 0 radical (unpaired) electrons. The number of hydrogen-bond donors (Lipinski definition) is 4. The zero-order chi connectivity index (χ0) is 24.2. The third-order valence-corrected chi connectivity index (χ3v) is 6.79. The minimum absolute atomic E-state index is 0.0602. The van der Waals surface area contributed by atoms with E-state index in [-0.39, 0.29) is 30.2 Å². The Balaban J connectivity index is 1.32. The number of benzene rings is 1. The monoisotopic (exact) mass is 483 g/mol. The van der Waals surface area contributed by atoms with E-state index in [1.165, 1.54) is 17.5 Å². The molecule has 10 nitrogen and oxygen atoms in total. The Hall–Kier alpha value is -3.44. The van der Waals surface area contributed by atoms with Crippen molar-refractivity contribution in [2.75, 3.05) is 30.8 Å². The molecule has 0 aliphatic carbocycles. The number of aromatic hydroxyl groups is 1. The number of anilines is 3. The molecule has 4 N–H and O–H groups in total. The average molecular weight is 484 g/mol. The number of likely N-dealkylation sites (tertiary alicyclic amines) is 1. The quantitative estimate of drug-likeness (QED) is 0.407. The Morgan fingerprint density at radius 3 is 2.74 bits per heavy atom. The molecule has 3 heterocycles. The van der Waals surface area contributed by atoms with Crippen LogP contribution in [0.1, 0.15) is 33.6 Å². The van der Waals surface area contributed by atoms with Crippen LogP contribution in [-0.2, 0) is 11.3 Å². The number of thiazole rings is 1. The summed E-state index contributed by atoms with van der Waals surface area (Å²) in [5.74, 6) is 0.296. The summed E-state index contributed by atoms with van der Waals surface area (Å²) in [6.45, 7) is 5.74. The van der Waals surface area contributed by atoms with Crippen molar-refractivity contribution in [3.05, 3.63) is 46.6 Å². The fourth-order valence-corrected chi connectivity index (χ4v) is 4.56. The summed E-state index contributed by atoms with van der Waals surface area (Å²) in [7, 11) is 2.09. The van der Waals surface area contributed by atoms with Crippen LogP contribution >= 0.6 is 11.3 Å². The zero-order valence-corrected chi connectivity index (χ0v) is 20.3. The normalized spacial score (nSPS) is 14.7. The second-order valence-electron chi connectivity index (χ2n) is 8.55. The van der Waals surface area contributed by atoms with Gasteiger partial charge in [-0.05, 0) is 58.5 Å². The predicted molar refractivity (Wildman–Crippen MR) is 132 cm³/mol. The van der Waals surface area contributed by atoms with Gasteiger partial charge in [-0.3, -0.25) is 14.3 Å². The highest BCUT2D eigenvalue weighted by atomic mass is 32.1. The molecular weight excluding hydrogens is 454 g/mol. The number of nitrogens with one attached hydrogen (secondary N) is 3. The summed E-state index contributed by atoms with van der Waals surface area (Å²) >= 11 is 1.19. The Morgan fingerprint density at radius 2 is 1.97 bits per heavy atom. The lowest BCUT2D eigenvalue weighted by molar-refractivity contribution is -0.122. The Morgan fingerprint density at radius 1 is 1.21 bits per heavy atom. The molecule has 2 aromatic heterocycles. The van der Waals surface area contributed by atoms with Gasteiger partial charge in [-0.2, -0.15) is 5.10 Å². The molecule has 1 aliphatic heterocycles. The number of carbonyl (C=O) groups excluding carboxylic acids is 2. The smallest absolute Gasteiger partial charge is 0.267 e. The lowest BCUT2D eigenvalue weighted by Crippen LogP contribution is -2.44. The van der Waals surface area contributed by atoms with E-state index in [2.05, 4.69) is 38.0 Å². The molecule has 0 bridgehead atoms. The molecule has 0 unspecified atom stereocenters. The van der Waals surface area contributed by atoms with Gasteiger partial charge >= 0.3 is 0 Å². The van der Waals surface area contributed by atoms with Gasteiger partial charge in [-0.1, -0.05) is 17.4 Å². The number of phenolic OH excluding ortho intramolecular Hbond substituents is 1. The van der Waals surface area contributed by atoms with E-state index >= 15 is 0 Å². The number of phenols is 1. The van der Waals surface area contributed by atoms with Crippen LogP contribution in [0.15, 0.2) is 30.6 Å². The molecular formula is C23H29N7O3S. The summed E-state index contributed by atoms with van der Waals surface area (Å²) in [6.07, 6.45) is 5.13. The third-order valence-electron chi connectivity index (χ3n) is 5.88. The molecule has 0 saturated carbocycles. The number of piperidine rings is 1. The van der Waals surface area contributed by atoms with E-state index in [0.717, 1.165) is 31.5 Å². The minimum atomic E-state index is -0.307. The van der Waals surface area contributed by atoms with Crippen LogP contribution in [0.25, 0.3) is 0 Å². The Labute approximate surface area is 202 Å². The minimum Gasteiger partial charge on any atom is -0.508 e. The first kappa shape index (κ1) is 23.7. The van der Waals surface area contributed by atoms with Crippen LogP contribution in [0.5, 0.6) is 5.75 Å². The van der Waals surface area contributed by atoms with Crippen molar-refractivity contribution in [2.24, 2.45) is 0 Å². The summed E-state index contributed by atoms with van der Waals surface area (Å²) in [5.41, 5.74) is 2.06. The average Bonchev–Trinajstić information content (AvgIpc) is 3.45. The first-order valence-corrected chi connectivity index (χ1v) is 11.9. The highest BCUT2D eigenvalue weighted by molar-refractivity contribution is 7.17. The van der Waals surface area contributed by atoms with Crippen molar-refractivity contribution in [3.63, 3.8) is 0 Å². The number of aryl methyl sites for hydroxylation is 1. The maximum Gasteiger partial charge on any atom is 0.267 e. The van der Waals surface area contributed by atoms with Crippen LogP contribution < -0.4 is 16.0 Å². The lowest BCUT2D eigenvalue weighted by atomic mass is 10.1. The molecule has 2 amide bonds. The number of aromatic nitrogens is 3. The van der Waals surface area contributed by atoms with E-state index in [1.807, 2.05) is 6.92 Å². The summed E-state index contributed by atoms with van der Waals surface area (Å²) in [5, 5.41) is 23.8. The van der Waals surface area contributed by atoms with Gasteiger partial charge in [0, 0.05) is 23.9 Å². The number of carbonyl (C=O) groups is 2. The van der Waals surface area contributed by atoms with Gasteiger partial charge in [0.05, 0.1) is 11.9 Å². The van der Waals surface area contributed by atoms with E-state index in [1.54, 1.807) is 36.0 Å². The molecule has 180 valence electrons. The first-order chi connectivity index (χ1) is 16.3. The second kappa shape index (κ2) is 10.2. The van der Waals surface area contributed by atoms with E-state index in [4.69, 9.17) is 0 Å². The molecule has 4 rings (SSSR count). The lowest BCUT2D eigenvalue weighted by Gasteiger charge is -2.29. The SMILES string of the molecule is Cc1ccc(O)c(C)c1NC(=O)c1cnc(Nc2ccn(CC(=O)NC3CCN(C)CC3)n2)s1. The van der Waals surface area contributed by atoms with Gasteiger partial charge in [0.15, 0.2) is 10.9 Å². The summed E-state index contributed by atoms with van der Waals surface area (Å²) in [6, 6.07) is 5.32. The van der Waals surface area contributed by atoms with Crippen molar-refractivity contribution in [1.29, 1.82) is 0 Å². The highest BCUT2D eigenvalue weighted by Crippen LogP contribution is 2.29. The number of hydrogen-bond acceptors (Lipinski definition) is 8. The largest absolute Gasteiger partial charge is 0.508 e. The van der Waals surface area contributed by atoms with Gasteiger partial charge < -0.3 is 26.0 Å². The fraction of sp³-hybridized carbons (Fsp3) is 0.391. The van der Waals surface area contributed by atoms with Crippen molar-refractivity contribution in [1.82, 2.24) is 25.0 Å².